The number of aryl methyl sites for hydroxylation is 1. The first-order chi connectivity index (χ1) is 5.72. The molecule has 0 spiro atoms. The van der Waals surface area contributed by atoms with E-state index in [0.717, 1.165) is 17.5 Å². The maximum atomic E-state index is 9.97. The Balaban J connectivity index is 2.70. The molecule has 12 heavy (non-hydrogen) atoms. The van der Waals surface area contributed by atoms with Crippen molar-refractivity contribution in [2.75, 3.05) is 0 Å². The van der Waals surface area contributed by atoms with E-state index >= 15 is 0 Å². The Hall–Kier alpha value is -1.16. The van der Waals surface area contributed by atoms with Crippen LogP contribution >= 0.6 is 11.3 Å². The van der Waals surface area contributed by atoms with Crippen molar-refractivity contribution in [1.29, 1.82) is 0 Å². The van der Waals surface area contributed by atoms with Gasteiger partial charge in [0.1, 0.15) is 0 Å². The van der Waals surface area contributed by atoms with Crippen LogP contribution in [-0.4, -0.2) is 4.92 Å². The molecule has 1 aromatic rings. The molecule has 0 saturated heterocycles. The molecular formula is C8H9NO2S. The van der Waals surface area contributed by atoms with Crippen molar-refractivity contribution in [3.05, 3.63) is 38.2 Å². The zero-order valence-corrected chi connectivity index (χ0v) is 7.50. The normalized spacial score (nSPS) is 10.8. The highest BCUT2D eigenvalue weighted by Gasteiger charge is 1.95. The van der Waals surface area contributed by atoms with E-state index in [2.05, 4.69) is 6.92 Å². The molecule has 0 N–H and O–H groups in total. The van der Waals surface area contributed by atoms with Gasteiger partial charge in [0.15, 0.2) is 0 Å². The van der Waals surface area contributed by atoms with Gasteiger partial charge in [0.2, 0.25) is 6.20 Å². The van der Waals surface area contributed by atoms with Crippen molar-refractivity contribution in [2.24, 2.45) is 0 Å². The number of nitrogens with zero attached hydrogens (tertiary/aromatic N) is 1. The predicted molar refractivity (Wildman–Crippen MR) is 49.7 cm³/mol. The molecule has 0 fully saturated rings. The van der Waals surface area contributed by atoms with Crippen LogP contribution in [0.5, 0.6) is 0 Å². The van der Waals surface area contributed by atoms with Crippen molar-refractivity contribution in [3.8, 4) is 0 Å². The van der Waals surface area contributed by atoms with Gasteiger partial charge in [0, 0.05) is 15.8 Å². The molecule has 1 rings (SSSR count). The average Bonchev–Trinajstić information content (AvgIpc) is 2.48. The fourth-order valence-corrected chi connectivity index (χ4v) is 1.66. The highest BCUT2D eigenvalue weighted by Crippen LogP contribution is 2.17. The second-order valence-corrected chi connectivity index (χ2v) is 3.46. The van der Waals surface area contributed by atoms with Gasteiger partial charge in [-0.15, -0.1) is 11.3 Å². The summed E-state index contributed by atoms with van der Waals surface area (Å²) in [5.41, 5.74) is 0. The summed E-state index contributed by atoms with van der Waals surface area (Å²) in [4.78, 5) is 11.7. The van der Waals surface area contributed by atoms with Crippen LogP contribution in [0.1, 0.15) is 16.7 Å². The smallest absolute Gasteiger partial charge is 0.235 e. The summed E-state index contributed by atoms with van der Waals surface area (Å²) < 4.78 is 0. The number of thiophene rings is 1. The fraction of sp³-hybridized carbons (Fsp3) is 0.250. The Morgan fingerprint density at radius 1 is 1.67 bits per heavy atom. The van der Waals surface area contributed by atoms with Crippen molar-refractivity contribution in [3.63, 3.8) is 0 Å². The Kier molecular flexibility index (Phi) is 2.99. The Morgan fingerprint density at radius 2 is 2.42 bits per heavy atom. The first-order valence-corrected chi connectivity index (χ1v) is 4.44. The van der Waals surface area contributed by atoms with E-state index in [1.54, 1.807) is 11.3 Å². The van der Waals surface area contributed by atoms with E-state index in [4.69, 9.17) is 0 Å². The zero-order valence-electron chi connectivity index (χ0n) is 6.69. The van der Waals surface area contributed by atoms with Crippen LogP contribution in [0.2, 0.25) is 0 Å². The lowest BCUT2D eigenvalue weighted by atomic mass is 10.4. The first-order valence-electron chi connectivity index (χ1n) is 3.62. The van der Waals surface area contributed by atoms with Gasteiger partial charge < -0.3 is 0 Å². The quantitative estimate of drug-likeness (QED) is 0.534. The first kappa shape index (κ1) is 8.93. The number of hydrogen-bond donors (Lipinski definition) is 0. The second-order valence-electron chi connectivity index (χ2n) is 2.26. The third-order valence-corrected chi connectivity index (χ3v) is 2.59. The number of hydrogen-bond acceptors (Lipinski definition) is 3. The standard InChI is InChI=1S/C8H9NO2S/c1-2-7-3-4-8(12-7)5-6-9(10)11/h3-6H,2H2,1H3. The minimum Gasteiger partial charge on any atom is -0.259 e. The molecule has 0 atom stereocenters. The molecule has 1 heterocycles. The molecule has 0 aliphatic carbocycles. The highest BCUT2D eigenvalue weighted by atomic mass is 32.1. The summed E-state index contributed by atoms with van der Waals surface area (Å²) in [6.07, 6.45) is 3.46. The summed E-state index contributed by atoms with van der Waals surface area (Å²) in [6.45, 7) is 2.06. The lowest BCUT2D eigenvalue weighted by molar-refractivity contribution is -0.400. The lowest BCUT2D eigenvalue weighted by Crippen LogP contribution is -1.80. The highest BCUT2D eigenvalue weighted by molar-refractivity contribution is 7.12. The molecule has 1 aromatic heterocycles. The van der Waals surface area contributed by atoms with Gasteiger partial charge in [0.05, 0.1) is 4.92 Å². The molecule has 64 valence electrons. The van der Waals surface area contributed by atoms with Gasteiger partial charge in [-0.05, 0) is 18.6 Å². The van der Waals surface area contributed by atoms with Gasteiger partial charge >= 0.3 is 0 Å². The van der Waals surface area contributed by atoms with Crippen molar-refractivity contribution in [2.45, 2.75) is 13.3 Å². The molecule has 0 amide bonds. The maximum Gasteiger partial charge on any atom is 0.235 e. The summed E-state index contributed by atoms with van der Waals surface area (Å²) in [5, 5.41) is 9.97. The van der Waals surface area contributed by atoms with Crippen molar-refractivity contribution in [1.82, 2.24) is 0 Å². The Bertz CT molecular complexity index is 304. The summed E-state index contributed by atoms with van der Waals surface area (Å²) in [6, 6.07) is 3.88. The maximum absolute atomic E-state index is 9.97. The fourth-order valence-electron chi connectivity index (χ4n) is 0.808. The SMILES string of the molecule is CCc1ccc(C=C[N+](=O)[O-])s1. The summed E-state index contributed by atoms with van der Waals surface area (Å²) in [7, 11) is 0. The van der Waals surface area contributed by atoms with Gasteiger partial charge in [-0.25, -0.2) is 0 Å². The number of rotatable bonds is 3. The van der Waals surface area contributed by atoms with E-state index in [-0.39, 0.29) is 0 Å². The lowest BCUT2D eigenvalue weighted by Gasteiger charge is -1.82. The van der Waals surface area contributed by atoms with E-state index in [1.165, 1.54) is 11.0 Å². The molecule has 0 radical (unpaired) electrons. The van der Waals surface area contributed by atoms with Crippen LogP contribution in [0.3, 0.4) is 0 Å². The van der Waals surface area contributed by atoms with Crippen LogP contribution in [0.15, 0.2) is 18.3 Å². The average molecular weight is 183 g/mol. The van der Waals surface area contributed by atoms with Crippen LogP contribution in [0.4, 0.5) is 0 Å². The molecule has 0 bridgehead atoms. The molecule has 0 saturated carbocycles. The third kappa shape index (κ3) is 2.47. The van der Waals surface area contributed by atoms with Gasteiger partial charge in [-0.2, -0.15) is 0 Å². The van der Waals surface area contributed by atoms with E-state index < -0.39 is 4.92 Å². The second kappa shape index (κ2) is 4.01. The molecule has 0 aliphatic rings. The molecular weight excluding hydrogens is 174 g/mol. The Morgan fingerprint density at radius 3 is 2.92 bits per heavy atom. The monoisotopic (exact) mass is 183 g/mol. The topological polar surface area (TPSA) is 43.1 Å². The minimum absolute atomic E-state index is 0.453. The molecule has 0 aliphatic heterocycles. The van der Waals surface area contributed by atoms with Gasteiger partial charge in [-0.3, -0.25) is 10.1 Å². The number of nitro groups is 1. The van der Waals surface area contributed by atoms with Crippen LogP contribution < -0.4 is 0 Å². The predicted octanol–water partition coefficient (Wildman–Crippen LogP) is 2.56. The van der Waals surface area contributed by atoms with Crippen LogP contribution in [0.25, 0.3) is 6.08 Å². The van der Waals surface area contributed by atoms with Crippen LogP contribution in [-0.2, 0) is 6.42 Å². The summed E-state index contributed by atoms with van der Waals surface area (Å²) in [5.74, 6) is 0. The van der Waals surface area contributed by atoms with Gasteiger partial charge in [-0.1, -0.05) is 6.92 Å². The summed E-state index contributed by atoms with van der Waals surface area (Å²) >= 11 is 1.58. The minimum atomic E-state index is -0.453. The molecule has 0 aromatic carbocycles. The van der Waals surface area contributed by atoms with Crippen molar-refractivity contribution >= 4 is 17.4 Å². The Labute approximate surface area is 74.5 Å². The zero-order chi connectivity index (χ0) is 8.97. The van der Waals surface area contributed by atoms with E-state index in [1.807, 2.05) is 12.1 Å². The molecule has 3 nitrogen and oxygen atoms in total. The molecule has 0 unspecified atom stereocenters. The van der Waals surface area contributed by atoms with Crippen LogP contribution in [0, 0.1) is 10.1 Å². The third-order valence-electron chi connectivity index (χ3n) is 1.39. The van der Waals surface area contributed by atoms with E-state index in [9.17, 15) is 10.1 Å². The van der Waals surface area contributed by atoms with Crippen molar-refractivity contribution < 1.29 is 4.92 Å². The van der Waals surface area contributed by atoms with E-state index in [0.29, 0.717) is 0 Å². The largest absolute Gasteiger partial charge is 0.259 e. The molecule has 4 heteroatoms. The van der Waals surface area contributed by atoms with Gasteiger partial charge in [0.25, 0.3) is 0 Å².